The van der Waals surface area contributed by atoms with Crippen LogP contribution in [-0.2, 0) is 4.74 Å². The molecule has 9 nitrogen and oxygen atoms in total. The van der Waals surface area contributed by atoms with Gasteiger partial charge in [-0.25, -0.2) is 9.48 Å². The maximum Gasteiger partial charge on any atom is 0.410 e. The van der Waals surface area contributed by atoms with Crippen LogP contribution in [0.3, 0.4) is 0 Å². The van der Waals surface area contributed by atoms with Gasteiger partial charge in [0, 0.05) is 25.1 Å². The van der Waals surface area contributed by atoms with Crippen LogP contribution in [0.1, 0.15) is 80.6 Å². The molecular weight excluding hydrogens is 520 g/mol. The molecule has 1 N–H and O–H groups in total. The van der Waals surface area contributed by atoms with Gasteiger partial charge in [-0.15, -0.1) is 0 Å². The van der Waals surface area contributed by atoms with Gasteiger partial charge in [-0.05, 0) is 96.7 Å². The number of carbonyl (C=O) groups excluding carboxylic acids is 2. The molecule has 0 atom stereocenters. The van der Waals surface area contributed by atoms with Crippen LogP contribution in [0.15, 0.2) is 42.6 Å². The Labute approximate surface area is 242 Å². The molecule has 0 unspecified atom stereocenters. The van der Waals surface area contributed by atoms with Gasteiger partial charge in [0.05, 0.1) is 42.0 Å². The number of hydrogen-bond donors (Lipinski definition) is 1. The lowest BCUT2D eigenvalue weighted by atomic mass is 9.90. The van der Waals surface area contributed by atoms with Crippen molar-refractivity contribution in [2.45, 2.75) is 72.8 Å². The number of nitrogens with one attached hydrogen (secondary N) is 1. The van der Waals surface area contributed by atoms with E-state index in [1.165, 1.54) is 5.56 Å². The fraction of sp³-hybridized carbons (Fsp3) is 0.469. The van der Waals surface area contributed by atoms with Crippen LogP contribution in [0.25, 0.3) is 5.69 Å². The molecule has 3 aromatic rings. The average Bonchev–Trinajstić information content (AvgIpc) is 3.36. The van der Waals surface area contributed by atoms with Crippen LogP contribution in [-0.4, -0.2) is 58.6 Å². The average molecular weight is 563 g/mol. The van der Waals surface area contributed by atoms with Gasteiger partial charge in [0.25, 0.3) is 5.91 Å². The Kier molecular flexibility index (Phi) is 9.25. The predicted octanol–water partition coefficient (Wildman–Crippen LogP) is 6.65. The van der Waals surface area contributed by atoms with Crippen LogP contribution in [0.2, 0.25) is 0 Å². The predicted molar refractivity (Wildman–Crippen MR) is 160 cm³/mol. The van der Waals surface area contributed by atoms with E-state index in [0.717, 1.165) is 16.9 Å². The smallest absolute Gasteiger partial charge is 0.410 e. The molecular formula is C32H42N4O5. The minimum atomic E-state index is -0.555. The van der Waals surface area contributed by atoms with Crippen molar-refractivity contribution in [2.24, 2.45) is 0 Å². The van der Waals surface area contributed by atoms with E-state index in [1.54, 1.807) is 23.2 Å². The fourth-order valence-electron chi connectivity index (χ4n) is 4.99. The maximum absolute atomic E-state index is 13.9. The molecule has 4 rings (SSSR count). The highest BCUT2D eigenvalue weighted by Crippen LogP contribution is 2.35. The number of likely N-dealkylation sites (tertiary alicyclic amines) is 1. The third-order valence-electron chi connectivity index (χ3n) is 7.13. The van der Waals surface area contributed by atoms with E-state index in [-0.39, 0.29) is 17.9 Å². The second-order valence-corrected chi connectivity index (χ2v) is 11.3. The topological polar surface area (TPSA) is 94.9 Å². The van der Waals surface area contributed by atoms with Gasteiger partial charge >= 0.3 is 6.09 Å². The standard InChI is InChI=1S/C32H42N4O5/c1-8-39-25-12-13-28(40-9-2)27(19-25)34-30(37)26-20-33-36(24-11-10-21(3)22(4)18-24)29(26)23-14-16-35(17-15-23)31(38)41-32(5,6)7/h10-13,18-20,23H,8-9,14-17H2,1-7H3,(H,34,37). The lowest BCUT2D eigenvalue weighted by Crippen LogP contribution is -2.41. The Bertz CT molecular complexity index is 1380. The number of aryl methyl sites for hydroxylation is 2. The molecule has 0 radical (unpaired) electrons. The van der Waals surface area contributed by atoms with E-state index in [2.05, 4.69) is 31.3 Å². The van der Waals surface area contributed by atoms with Crippen molar-refractivity contribution < 1.29 is 23.8 Å². The van der Waals surface area contributed by atoms with Crippen LogP contribution in [0.5, 0.6) is 11.5 Å². The number of carbonyl (C=O) groups is 2. The minimum absolute atomic E-state index is 0.0136. The first-order chi connectivity index (χ1) is 19.5. The van der Waals surface area contributed by atoms with Gasteiger partial charge in [0.15, 0.2) is 0 Å². The van der Waals surface area contributed by atoms with Crippen LogP contribution >= 0.6 is 0 Å². The number of amides is 2. The molecule has 1 aromatic heterocycles. The van der Waals surface area contributed by atoms with Gasteiger partial charge in [-0.2, -0.15) is 5.10 Å². The number of nitrogens with zero attached hydrogens (tertiary/aromatic N) is 3. The SMILES string of the molecule is CCOc1ccc(OCC)c(NC(=O)c2cnn(-c3ccc(C)c(C)c3)c2C2CCN(C(=O)OC(C)(C)C)CC2)c1. The molecule has 41 heavy (non-hydrogen) atoms. The summed E-state index contributed by atoms with van der Waals surface area (Å²) in [6, 6.07) is 11.6. The molecule has 1 aliphatic heterocycles. The van der Waals surface area contributed by atoms with Gasteiger partial charge in [0.1, 0.15) is 17.1 Å². The number of piperidine rings is 1. The maximum atomic E-state index is 13.9. The molecule has 2 heterocycles. The van der Waals surface area contributed by atoms with Gasteiger partial charge in [-0.1, -0.05) is 6.07 Å². The van der Waals surface area contributed by atoms with Crippen molar-refractivity contribution in [3.63, 3.8) is 0 Å². The summed E-state index contributed by atoms with van der Waals surface area (Å²) in [6.45, 7) is 15.6. The number of ether oxygens (including phenoxy) is 3. The summed E-state index contributed by atoms with van der Waals surface area (Å²) in [4.78, 5) is 28.3. The Hall–Kier alpha value is -4.01. The van der Waals surface area contributed by atoms with Crippen molar-refractivity contribution >= 4 is 17.7 Å². The number of anilines is 1. The Morgan fingerprint density at radius 3 is 2.32 bits per heavy atom. The zero-order valence-electron chi connectivity index (χ0n) is 25.2. The van der Waals surface area contributed by atoms with E-state index in [1.807, 2.05) is 51.4 Å². The largest absolute Gasteiger partial charge is 0.494 e. The Balaban J connectivity index is 1.67. The minimum Gasteiger partial charge on any atom is -0.494 e. The van der Waals surface area contributed by atoms with Crippen LogP contribution < -0.4 is 14.8 Å². The van der Waals surface area contributed by atoms with E-state index in [4.69, 9.17) is 19.3 Å². The molecule has 0 spiro atoms. The number of rotatable bonds is 8. The van der Waals surface area contributed by atoms with Gasteiger partial charge < -0.3 is 24.4 Å². The first-order valence-corrected chi connectivity index (χ1v) is 14.3. The van der Waals surface area contributed by atoms with Crippen LogP contribution in [0.4, 0.5) is 10.5 Å². The highest BCUT2D eigenvalue weighted by atomic mass is 16.6. The van der Waals surface area contributed by atoms with E-state index in [9.17, 15) is 9.59 Å². The molecule has 1 saturated heterocycles. The molecule has 0 aliphatic carbocycles. The summed E-state index contributed by atoms with van der Waals surface area (Å²) in [5.74, 6) is 0.948. The molecule has 220 valence electrons. The van der Waals surface area contributed by atoms with Crippen molar-refractivity contribution in [2.75, 3.05) is 31.6 Å². The highest BCUT2D eigenvalue weighted by Gasteiger charge is 2.32. The van der Waals surface area contributed by atoms with Crippen molar-refractivity contribution in [1.29, 1.82) is 0 Å². The van der Waals surface area contributed by atoms with Crippen molar-refractivity contribution in [3.05, 3.63) is 65.0 Å². The number of benzene rings is 2. The quantitative estimate of drug-likeness (QED) is 0.330. The zero-order chi connectivity index (χ0) is 29.7. The second-order valence-electron chi connectivity index (χ2n) is 11.3. The number of aromatic nitrogens is 2. The molecule has 2 aromatic carbocycles. The fourth-order valence-corrected chi connectivity index (χ4v) is 4.99. The lowest BCUT2D eigenvalue weighted by Gasteiger charge is -2.34. The summed E-state index contributed by atoms with van der Waals surface area (Å²) < 4.78 is 18.9. The van der Waals surface area contributed by atoms with Gasteiger partial charge in [-0.3, -0.25) is 4.79 Å². The summed E-state index contributed by atoms with van der Waals surface area (Å²) in [5, 5.41) is 7.74. The second kappa shape index (κ2) is 12.7. The van der Waals surface area contributed by atoms with E-state index >= 15 is 0 Å². The van der Waals surface area contributed by atoms with Crippen LogP contribution in [0, 0.1) is 13.8 Å². The molecule has 0 bridgehead atoms. The summed E-state index contributed by atoms with van der Waals surface area (Å²) in [6.07, 6.45) is 2.68. The lowest BCUT2D eigenvalue weighted by molar-refractivity contribution is 0.0203. The first kappa shape index (κ1) is 30.0. The summed E-state index contributed by atoms with van der Waals surface area (Å²) >= 11 is 0. The summed E-state index contributed by atoms with van der Waals surface area (Å²) in [5.41, 5.74) is 4.52. The van der Waals surface area contributed by atoms with Crippen molar-refractivity contribution in [1.82, 2.24) is 14.7 Å². The third kappa shape index (κ3) is 7.20. The molecule has 9 heteroatoms. The monoisotopic (exact) mass is 562 g/mol. The third-order valence-corrected chi connectivity index (χ3v) is 7.13. The normalized spacial score (nSPS) is 14.1. The van der Waals surface area contributed by atoms with Gasteiger partial charge in [0.2, 0.25) is 0 Å². The summed E-state index contributed by atoms with van der Waals surface area (Å²) in [7, 11) is 0. The molecule has 1 fully saturated rings. The first-order valence-electron chi connectivity index (χ1n) is 14.3. The molecule has 0 saturated carbocycles. The molecule has 1 aliphatic rings. The Morgan fingerprint density at radius 1 is 0.976 bits per heavy atom. The zero-order valence-corrected chi connectivity index (χ0v) is 25.2. The van der Waals surface area contributed by atoms with E-state index < -0.39 is 5.60 Å². The van der Waals surface area contributed by atoms with Crippen molar-refractivity contribution in [3.8, 4) is 17.2 Å². The molecule has 2 amide bonds. The van der Waals surface area contributed by atoms with E-state index in [0.29, 0.717) is 61.9 Å². The Morgan fingerprint density at radius 2 is 1.68 bits per heavy atom. The highest BCUT2D eigenvalue weighted by molar-refractivity contribution is 6.06. The number of hydrogen-bond acceptors (Lipinski definition) is 6.